The van der Waals surface area contributed by atoms with E-state index >= 15 is 4.39 Å². The normalized spacial score (nSPS) is 29.5. The number of carboxylic acid groups (broad SMARTS) is 1. The zero-order valence-corrected chi connectivity index (χ0v) is 15.7. The Hall–Kier alpha value is -2.48. The van der Waals surface area contributed by atoms with Crippen LogP contribution in [0.1, 0.15) is 49.0 Å². The molecule has 2 saturated carbocycles. The standard InChI is InChI=1S/C20H23FN4O3/c1-20-5-4-10(16(20)22)7-24(9-20)18-14(21)6-12-15(26)13(19(27)28)8-25(11-2-3-11)17(12)23-18/h6,8,10-11,16H,2-5,7,9,22H2,1H3,(H,27,28). The molecule has 0 radical (unpaired) electrons. The Kier molecular flexibility index (Phi) is 3.62. The summed E-state index contributed by atoms with van der Waals surface area (Å²) in [5.41, 5.74) is 5.64. The molecule has 7 nitrogen and oxygen atoms in total. The highest BCUT2D eigenvalue weighted by Gasteiger charge is 2.49. The average molecular weight is 386 g/mol. The van der Waals surface area contributed by atoms with E-state index in [2.05, 4.69) is 11.9 Å². The highest BCUT2D eigenvalue weighted by Crippen LogP contribution is 2.46. The largest absolute Gasteiger partial charge is 0.477 e. The van der Waals surface area contributed by atoms with Crippen LogP contribution < -0.4 is 16.1 Å². The fourth-order valence-electron chi connectivity index (χ4n) is 5.01. The summed E-state index contributed by atoms with van der Waals surface area (Å²) >= 11 is 0. The van der Waals surface area contributed by atoms with Crippen molar-refractivity contribution in [1.29, 1.82) is 0 Å². The van der Waals surface area contributed by atoms with Gasteiger partial charge in [-0.25, -0.2) is 14.2 Å². The van der Waals surface area contributed by atoms with Crippen molar-refractivity contribution in [3.63, 3.8) is 0 Å². The molecule has 0 aromatic carbocycles. The second kappa shape index (κ2) is 5.76. The van der Waals surface area contributed by atoms with Gasteiger partial charge < -0.3 is 20.3 Å². The quantitative estimate of drug-likeness (QED) is 0.838. The first-order chi connectivity index (χ1) is 13.3. The molecule has 1 aliphatic heterocycles. The summed E-state index contributed by atoms with van der Waals surface area (Å²) in [7, 11) is 0. The first-order valence-electron chi connectivity index (χ1n) is 9.78. The van der Waals surface area contributed by atoms with E-state index in [1.54, 1.807) is 4.57 Å². The van der Waals surface area contributed by atoms with Gasteiger partial charge in [0.25, 0.3) is 0 Å². The maximum Gasteiger partial charge on any atom is 0.341 e. The lowest BCUT2D eigenvalue weighted by Gasteiger charge is -2.43. The van der Waals surface area contributed by atoms with Crippen LogP contribution in [0.3, 0.4) is 0 Å². The van der Waals surface area contributed by atoms with Gasteiger partial charge in [0, 0.05) is 36.8 Å². The number of hydrogen-bond acceptors (Lipinski definition) is 5. The Morgan fingerprint density at radius 1 is 1.39 bits per heavy atom. The SMILES string of the molecule is CC12CCC(CN(c3nc4c(cc3F)c(=O)c(C(=O)O)cn4C3CC3)C1)C2N. The van der Waals surface area contributed by atoms with Gasteiger partial charge in [-0.3, -0.25) is 4.79 Å². The zero-order valence-electron chi connectivity index (χ0n) is 15.7. The molecule has 2 aromatic heterocycles. The van der Waals surface area contributed by atoms with Crippen molar-refractivity contribution >= 4 is 22.8 Å². The number of halogens is 1. The minimum absolute atomic E-state index is 0.0240. The Bertz CT molecular complexity index is 1060. The van der Waals surface area contributed by atoms with E-state index in [-0.39, 0.29) is 34.3 Å². The van der Waals surface area contributed by atoms with Crippen LogP contribution in [-0.2, 0) is 0 Å². The van der Waals surface area contributed by atoms with Gasteiger partial charge in [0.2, 0.25) is 5.43 Å². The predicted molar refractivity (Wildman–Crippen MR) is 102 cm³/mol. The van der Waals surface area contributed by atoms with E-state index in [0.717, 1.165) is 31.7 Å². The fourth-order valence-corrected chi connectivity index (χ4v) is 5.01. The molecule has 2 bridgehead atoms. The van der Waals surface area contributed by atoms with Gasteiger partial charge in [-0.15, -0.1) is 0 Å². The highest BCUT2D eigenvalue weighted by atomic mass is 19.1. The number of hydrogen-bond donors (Lipinski definition) is 2. The molecule has 3 heterocycles. The van der Waals surface area contributed by atoms with Gasteiger partial charge in [0.1, 0.15) is 11.2 Å². The summed E-state index contributed by atoms with van der Waals surface area (Å²) in [6.45, 7) is 3.41. The van der Waals surface area contributed by atoms with Crippen LogP contribution in [0.25, 0.3) is 11.0 Å². The second-order valence-corrected chi connectivity index (χ2v) is 8.84. The van der Waals surface area contributed by atoms with Crippen LogP contribution in [0.4, 0.5) is 10.2 Å². The van der Waals surface area contributed by atoms with Gasteiger partial charge in [0.05, 0.1) is 5.39 Å². The van der Waals surface area contributed by atoms with Gasteiger partial charge in [-0.1, -0.05) is 6.92 Å². The van der Waals surface area contributed by atoms with E-state index in [9.17, 15) is 14.7 Å². The lowest BCUT2D eigenvalue weighted by atomic mass is 9.79. The lowest BCUT2D eigenvalue weighted by Crippen LogP contribution is -2.54. The van der Waals surface area contributed by atoms with Crippen LogP contribution in [-0.4, -0.2) is 39.8 Å². The molecular formula is C20H23FN4O3. The first-order valence-corrected chi connectivity index (χ1v) is 9.78. The minimum Gasteiger partial charge on any atom is -0.477 e. The molecular weight excluding hydrogens is 363 g/mol. The number of nitrogens with zero attached hydrogens (tertiary/aromatic N) is 3. The average Bonchev–Trinajstić information content (AvgIpc) is 3.45. The number of carbonyl (C=O) groups is 1. The number of rotatable bonds is 3. The maximum atomic E-state index is 15.0. The molecule has 3 atom stereocenters. The number of aromatic carboxylic acids is 1. The predicted octanol–water partition coefficient (Wildman–Crippen LogP) is 2.13. The van der Waals surface area contributed by atoms with Crippen LogP contribution in [0.2, 0.25) is 0 Å². The molecule has 3 unspecified atom stereocenters. The topological polar surface area (TPSA) is 101 Å². The van der Waals surface area contributed by atoms with Crippen molar-refractivity contribution < 1.29 is 14.3 Å². The molecule has 5 rings (SSSR count). The summed E-state index contributed by atoms with van der Waals surface area (Å²) in [5.74, 6) is -1.36. The van der Waals surface area contributed by atoms with Crippen LogP contribution in [0.15, 0.2) is 17.1 Å². The van der Waals surface area contributed by atoms with Gasteiger partial charge >= 0.3 is 5.97 Å². The van der Waals surface area contributed by atoms with Gasteiger partial charge in [0.15, 0.2) is 11.6 Å². The van der Waals surface area contributed by atoms with E-state index in [1.807, 2.05) is 4.90 Å². The third kappa shape index (κ3) is 2.47. The summed E-state index contributed by atoms with van der Waals surface area (Å²) in [6, 6.07) is 1.37. The molecule has 3 fully saturated rings. The van der Waals surface area contributed by atoms with Gasteiger partial charge in [-0.05, 0) is 37.7 Å². The Morgan fingerprint density at radius 2 is 2.14 bits per heavy atom. The smallest absolute Gasteiger partial charge is 0.341 e. The Labute approximate surface area is 161 Å². The first kappa shape index (κ1) is 17.6. The monoisotopic (exact) mass is 386 g/mol. The minimum atomic E-state index is -1.31. The van der Waals surface area contributed by atoms with E-state index in [1.165, 1.54) is 6.20 Å². The number of fused-ring (bicyclic) bond motifs is 3. The molecule has 148 valence electrons. The third-order valence-electron chi connectivity index (χ3n) is 6.82. The number of pyridine rings is 2. The van der Waals surface area contributed by atoms with E-state index < -0.39 is 17.2 Å². The molecule has 2 aromatic rings. The van der Waals surface area contributed by atoms with Crippen molar-refractivity contribution in [2.75, 3.05) is 18.0 Å². The number of aromatic nitrogens is 2. The van der Waals surface area contributed by atoms with Crippen LogP contribution in [0.5, 0.6) is 0 Å². The second-order valence-electron chi connectivity index (χ2n) is 8.84. The molecule has 2 aliphatic carbocycles. The Morgan fingerprint density at radius 3 is 2.79 bits per heavy atom. The molecule has 3 aliphatic rings. The Balaban J connectivity index is 1.67. The summed E-state index contributed by atoms with van der Waals surface area (Å²) in [4.78, 5) is 30.5. The van der Waals surface area contributed by atoms with E-state index in [4.69, 9.17) is 5.73 Å². The molecule has 0 amide bonds. The van der Waals surface area contributed by atoms with Crippen molar-refractivity contribution in [2.24, 2.45) is 17.1 Å². The summed E-state index contributed by atoms with van der Waals surface area (Å²) < 4.78 is 16.8. The molecule has 1 saturated heterocycles. The molecule has 0 spiro atoms. The summed E-state index contributed by atoms with van der Waals surface area (Å²) in [6.07, 6.45) is 5.18. The van der Waals surface area contributed by atoms with Crippen LogP contribution >= 0.6 is 0 Å². The fraction of sp³-hybridized carbons (Fsp3) is 0.550. The van der Waals surface area contributed by atoms with Crippen molar-refractivity contribution in [2.45, 2.75) is 44.7 Å². The molecule has 3 N–H and O–H groups in total. The zero-order chi connectivity index (χ0) is 19.8. The lowest BCUT2D eigenvalue weighted by molar-refractivity contribution is 0.0695. The van der Waals surface area contributed by atoms with E-state index in [0.29, 0.717) is 24.7 Å². The van der Waals surface area contributed by atoms with Crippen molar-refractivity contribution in [3.05, 3.63) is 33.9 Å². The molecule has 28 heavy (non-hydrogen) atoms. The number of anilines is 1. The highest BCUT2D eigenvalue weighted by molar-refractivity contribution is 5.92. The third-order valence-corrected chi connectivity index (χ3v) is 6.82. The summed E-state index contributed by atoms with van der Waals surface area (Å²) in [5, 5.41) is 9.37. The molecule has 8 heteroatoms. The number of nitrogens with two attached hydrogens (primary N) is 1. The maximum absolute atomic E-state index is 15.0. The number of piperidine rings is 1. The van der Waals surface area contributed by atoms with Crippen molar-refractivity contribution in [3.8, 4) is 0 Å². The van der Waals surface area contributed by atoms with Crippen molar-refractivity contribution in [1.82, 2.24) is 9.55 Å². The van der Waals surface area contributed by atoms with Gasteiger partial charge in [-0.2, -0.15) is 0 Å². The number of carboxylic acids is 1. The van der Waals surface area contributed by atoms with Crippen LogP contribution in [0, 0.1) is 17.2 Å².